The van der Waals surface area contributed by atoms with Crippen LogP contribution >= 0.6 is 15.9 Å². The monoisotopic (exact) mass is 324 g/mol. The molecule has 0 saturated carbocycles. The standard InChI is InChI=1S/C11H9BrN4O3/c12-7-1-13-9(14-2-7)6-3-16(4-6)10(17)8-5-19-11(18)15-8/h1-2,5-6H,3-4H2,(H,15,18). The molecule has 19 heavy (non-hydrogen) atoms. The number of H-pyrrole nitrogens is 1. The van der Waals surface area contributed by atoms with Crippen molar-refractivity contribution in [1.82, 2.24) is 19.9 Å². The molecule has 1 N–H and O–H groups in total. The summed E-state index contributed by atoms with van der Waals surface area (Å²) in [5.74, 6) is -0.0283. The Morgan fingerprint density at radius 1 is 1.42 bits per heavy atom. The first-order chi connectivity index (χ1) is 9.13. The van der Waals surface area contributed by atoms with Crippen LogP contribution in [-0.2, 0) is 0 Å². The molecule has 0 atom stereocenters. The van der Waals surface area contributed by atoms with Gasteiger partial charge in [-0.05, 0) is 15.9 Å². The SMILES string of the molecule is O=C(c1coc(=O)[nH]1)N1CC(c2ncc(Br)cn2)C1. The third-order valence-corrected chi connectivity index (χ3v) is 3.33. The molecule has 7 nitrogen and oxygen atoms in total. The lowest BCUT2D eigenvalue weighted by Gasteiger charge is -2.37. The Morgan fingerprint density at radius 2 is 2.11 bits per heavy atom. The summed E-state index contributed by atoms with van der Waals surface area (Å²) in [5, 5.41) is 0. The number of nitrogens with zero attached hydrogens (tertiary/aromatic N) is 3. The van der Waals surface area contributed by atoms with Crippen molar-refractivity contribution >= 4 is 21.8 Å². The summed E-state index contributed by atoms with van der Waals surface area (Å²) in [6.45, 7) is 1.07. The van der Waals surface area contributed by atoms with Gasteiger partial charge >= 0.3 is 5.76 Å². The second-order valence-electron chi connectivity index (χ2n) is 4.23. The Bertz CT molecular complexity index is 657. The molecule has 0 aromatic carbocycles. The quantitative estimate of drug-likeness (QED) is 0.880. The minimum Gasteiger partial charge on any atom is -0.416 e. The molecule has 1 aliphatic heterocycles. The van der Waals surface area contributed by atoms with Gasteiger partial charge in [-0.3, -0.25) is 9.78 Å². The molecule has 1 saturated heterocycles. The molecule has 3 heterocycles. The zero-order valence-electron chi connectivity index (χ0n) is 9.67. The van der Waals surface area contributed by atoms with Crippen LogP contribution in [0.1, 0.15) is 22.2 Å². The number of carbonyl (C=O) groups excluding carboxylic acids is 1. The van der Waals surface area contributed by atoms with E-state index in [1.807, 2.05) is 0 Å². The minimum absolute atomic E-state index is 0.135. The molecule has 2 aromatic rings. The molecular formula is C11H9BrN4O3. The third kappa shape index (κ3) is 2.30. The van der Waals surface area contributed by atoms with Crippen LogP contribution in [0.5, 0.6) is 0 Å². The summed E-state index contributed by atoms with van der Waals surface area (Å²) in [5.41, 5.74) is 0.167. The highest BCUT2D eigenvalue weighted by atomic mass is 79.9. The van der Waals surface area contributed by atoms with Crippen LogP contribution in [0, 0.1) is 0 Å². The van der Waals surface area contributed by atoms with E-state index in [1.165, 1.54) is 0 Å². The first kappa shape index (κ1) is 12.1. The Morgan fingerprint density at radius 3 is 2.68 bits per heavy atom. The predicted molar refractivity (Wildman–Crippen MR) is 67.7 cm³/mol. The second kappa shape index (κ2) is 4.61. The van der Waals surface area contributed by atoms with Gasteiger partial charge in [-0.2, -0.15) is 0 Å². The van der Waals surface area contributed by atoms with Gasteiger partial charge in [-0.15, -0.1) is 0 Å². The van der Waals surface area contributed by atoms with Gasteiger partial charge < -0.3 is 9.32 Å². The van der Waals surface area contributed by atoms with Gasteiger partial charge in [-0.1, -0.05) is 0 Å². The molecule has 3 rings (SSSR count). The summed E-state index contributed by atoms with van der Waals surface area (Å²) in [7, 11) is 0. The number of amides is 1. The van der Waals surface area contributed by atoms with E-state index in [0.29, 0.717) is 18.9 Å². The van der Waals surface area contributed by atoms with Crippen LogP contribution in [0.4, 0.5) is 0 Å². The van der Waals surface area contributed by atoms with E-state index in [0.717, 1.165) is 10.7 Å². The Hall–Kier alpha value is -1.96. The molecule has 1 fully saturated rings. The average molecular weight is 325 g/mol. The molecule has 1 aliphatic rings. The third-order valence-electron chi connectivity index (χ3n) is 2.93. The van der Waals surface area contributed by atoms with E-state index in [2.05, 4.69) is 35.3 Å². The first-order valence-electron chi connectivity index (χ1n) is 5.58. The number of hydrogen-bond donors (Lipinski definition) is 1. The number of rotatable bonds is 2. The van der Waals surface area contributed by atoms with Crippen molar-refractivity contribution in [3.63, 3.8) is 0 Å². The highest BCUT2D eigenvalue weighted by molar-refractivity contribution is 9.10. The number of hydrogen-bond acceptors (Lipinski definition) is 5. The highest BCUT2D eigenvalue weighted by Gasteiger charge is 2.34. The maximum absolute atomic E-state index is 11.9. The van der Waals surface area contributed by atoms with Crippen molar-refractivity contribution < 1.29 is 9.21 Å². The van der Waals surface area contributed by atoms with Crippen LogP contribution in [0.2, 0.25) is 0 Å². The molecule has 98 valence electrons. The molecule has 2 aromatic heterocycles. The molecule has 8 heteroatoms. The van der Waals surface area contributed by atoms with E-state index in [9.17, 15) is 9.59 Å². The van der Waals surface area contributed by atoms with Crippen molar-refractivity contribution in [2.45, 2.75) is 5.92 Å². The van der Waals surface area contributed by atoms with Crippen LogP contribution in [0.25, 0.3) is 0 Å². The van der Waals surface area contributed by atoms with Crippen LogP contribution in [0.3, 0.4) is 0 Å². The molecule has 0 radical (unpaired) electrons. The van der Waals surface area contributed by atoms with Gasteiger partial charge in [0, 0.05) is 25.5 Å². The van der Waals surface area contributed by atoms with E-state index in [1.54, 1.807) is 17.3 Å². The van der Waals surface area contributed by atoms with Gasteiger partial charge in [0.15, 0.2) is 0 Å². The number of aromatic nitrogens is 3. The summed E-state index contributed by atoms with van der Waals surface area (Å²) in [4.78, 5) is 35.1. The largest absolute Gasteiger partial charge is 0.416 e. The lowest BCUT2D eigenvalue weighted by Crippen LogP contribution is -2.49. The Kier molecular flexibility index (Phi) is 2.94. The number of carbonyl (C=O) groups is 1. The van der Waals surface area contributed by atoms with E-state index in [4.69, 9.17) is 0 Å². The maximum Gasteiger partial charge on any atom is 0.416 e. The van der Waals surface area contributed by atoms with Crippen molar-refractivity contribution in [2.24, 2.45) is 0 Å². The zero-order chi connectivity index (χ0) is 13.4. The predicted octanol–water partition coefficient (Wildman–Crippen LogP) is 0.760. The van der Waals surface area contributed by atoms with Gasteiger partial charge in [-0.25, -0.2) is 14.8 Å². The van der Waals surface area contributed by atoms with Gasteiger partial charge in [0.2, 0.25) is 0 Å². The average Bonchev–Trinajstić information content (AvgIpc) is 2.76. The topological polar surface area (TPSA) is 92.1 Å². The lowest BCUT2D eigenvalue weighted by atomic mass is 9.99. The first-order valence-corrected chi connectivity index (χ1v) is 6.37. The molecule has 0 bridgehead atoms. The van der Waals surface area contributed by atoms with Crippen molar-refractivity contribution in [2.75, 3.05) is 13.1 Å². The fourth-order valence-corrected chi connectivity index (χ4v) is 2.10. The fraction of sp³-hybridized carbons (Fsp3) is 0.273. The lowest BCUT2D eigenvalue weighted by molar-refractivity contribution is 0.0588. The summed E-state index contributed by atoms with van der Waals surface area (Å²) >= 11 is 3.27. The zero-order valence-corrected chi connectivity index (χ0v) is 11.3. The molecular weight excluding hydrogens is 316 g/mol. The molecule has 1 amide bonds. The number of likely N-dealkylation sites (tertiary alicyclic amines) is 1. The number of oxazole rings is 1. The number of aromatic amines is 1. The van der Waals surface area contributed by atoms with E-state index >= 15 is 0 Å². The summed E-state index contributed by atoms with van der Waals surface area (Å²) in [6, 6.07) is 0. The smallest absolute Gasteiger partial charge is 0.416 e. The fourth-order valence-electron chi connectivity index (χ4n) is 1.90. The molecule has 0 unspecified atom stereocenters. The van der Waals surface area contributed by atoms with E-state index < -0.39 is 5.76 Å². The van der Waals surface area contributed by atoms with Crippen LogP contribution < -0.4 is 5.76 Å². The van der Waals surface area contributed by atoms with Crippen molar-refractivity contribution in [3.8, 4) is 0 Å². The Balaban J connectivity index is 1.65. The second-order valence-corrected chi connectivity index (χ2v) is 5.14. The molecule has 0 aliphatic carbocycles. The van der Waals surface area contributed by atoms with Crippen LogP contribution in [0.15, 0.2) is 32.3 Å². The highest BCUT2D eigenvalue weighted by Crippen LogP contribution is 2.25. The van der Waals surface area contributed by atoms with Gasteiger partial charge in [0.05, 0.1) is 10.4 Å². The van der Waals surface area contributed by atoms with Gasteiger partial charge in [0.25, 0.3) is 5.91 Å². The summed E-state index contributed by atoms with van der Waals surface area (Å²) < 4.78 is 5.36. The van der Waals surface area contributed by atoms with Crippen molar-refractivity contribution in [3.05, 3.63) is 45.2 Å². The maximum atomic E-state index is 11.9. The van der Waals surface area contributed by atoms with Crippen molar-refractivity contribution in [1.29, 1.82) is 0 Å². The van der Waals surface area contributed by atoms with Crippen LogP contribution in [-0.4, -0.2) is 38.8 Å². The molecule has 0 spiro atoms. The number of nitrogens with one attached hydrogen (secondary N) is 1. The Labute approximate surface area is 115 Å². The van der Waals surface area contributed by atoms with Gasteiger partial charge in [0.1, 0.15) is 17.8 Å². The van der Waals surface area contributed by atoms with E-state index in [-0.39, 0.29) is 17.5 Å². The minimum atomic E-state index is -0.628. The normalized spacial score (nSPS) is 15.3. The number of halogens is 1. The summed E-state index contributed by atoms with van der Waals surface area (Å²) in [6.07, 6.45) is 4.49.